The first-order chi connectivity index (χ1) is 8.84. The third kappa shape index (κ3) is 2.69. The fraction of sp³-hybridized carbons (Fsp3) is 0.364. The molecule has 0 saturated carbocycles. The smallest absolute Gasteiger partial charge is 0.299 e. The summed E-state index contributed by atoms with van der Waals surface area (Å²) in [6.45, 7) is 1.86. The van der Waals surface area contributed by atoms with Crippen molar-refractivity contribution in [3.8, 4) is 0 Å². The second kappa shape index (κ2) is 4.78. The molecule has 0 fully saturated rings. The molecule has 0 radical (unpaired) electrons. The summed E-state index contributed by atoms with van der Waals surface area (Å²) in [5, 5.41) is 0. The molecule has 1 aliphatic heterocycles. The highest BCUT2D eigenvalue weighted by Crippen LogP contribution is 2.33. The summed E-state index contributed by atoms with van der Waals surface area (Å²) in [6, 6.07) is 2.53. The predicted molar refractivity (Wildman–Crippen MR) is 69.7 cm³/mol. The second-order valence-corrected chi connectivity index (χ2v) is 5.70. The van der Waals surface area contributed by atoms with Crippen LogP contribution < -0.4 is 14.3 Å². The van der Waals surface area contributed by atoms with E-state index in [9.17, 15) is 17.6 Å². The van der Waals surface area contributed by atoms with Crippen molar-refractivity contribution in [3.63, 3.8) is 0 Å². The summed E-state index contributed by atoms with van der Waals surface area (Å²) in [6.07, 6.45) is 0.0690. The predicted octanol–water partition coefficient (Wildman–Crippen LogP) is 0.611. The van der Waals surface area contributed by atoms with Gasteiger partial charge in [-0.15, -0.1) is 0 Å². The molecule has 104 valence electrons. The maximum atomic E-state index is 13.9. The lowest BCUT2D eigenvalue weighted by Crippen LogP contribution is -2.29. The van der Waals surface area contributed by atoms with Gasteiger partial charge in [0, 0.05) is 19.7 Å². The number of carbonyl (C=O) groups is 1. The Morgan fingerprint density at radius 3 is 2.74 bits per heavy atom. The van der Waals surface area contributed by atoms with Gasteiger partial charge in [-0.05, 0) is 11.6 Å². The van der Waals surface area contributed by atoms with Gasteiger partial charge < -0.3 is 4.90 Å². The molecule has 19 heavy (non-hydrogen) atoms. The molecule has 0 atom stereocenters. The number of halogens is 1. The van der Waals surface area contributed by atoms with Gasteiger partial charge in [-0.3, -0.25) is 9.52 Å². The standard InChI is InChI=1S/C11H14FN3O3S/c1-3-13-19(17,18)14-8-4-7-5-10(16)15(2)11(7)9(12)6-8/h4,6,13-14H,3,5H2,1-2H3. The zero-order valence-electron chi connectivity index (χ0n) is 10.5. The second-order valence-electron chi connectivity index (χ2n) is 4.20. The molecule has 0 spiro atoms. The van der Waals surface area contributed by atoms with E-state index < -0.39 is 16.0 Å². The Hall–Kier alpha value is -1.67. The molecule has 2 rings (SSSR count). The van der Waals surface area contributed by atoms with Crippen LogP contribution in [-0.2, 0) is 21.4 Å². The van der Waals surface area contributed by atoms with Crippen molar-refractivity contribution in [2.75, 3.05) is 23.2 Å². The van der Waals surface area contributed by atoms with Crippen LogP contribution in [-0.4, -0.2) is 27.9 Å². The van der Waals surface area contributed by atoms with Crippen LogP contribution in [0.15, 0.2) is 12.1 Å². The van der Waals surface area contributed by atoms with Crippen LogP contribution in [0, 0.1) is 5.82 Å². The number of nitrogens with zero attached hydrogens (tertiary/aromatic N) is 1. The van der Waals surface area contributed by atoms with Gasteiger partial charge in [0.2, 0.25) is 5.91 Å². The number of amides is 1. The normalized spacial score (nSPS) is 14.7. The SMILES string of the molecule is CCNS(=O)(=O)Nc1cc(F)c2c(c1)CC(=O)N2C. The van der Waals surface area contributed by atoms with Gasteiger partial charge >= 0.3 is 0 Å². The molecule has 0 bridgehead atoms. The monoisotopic (exact) mass is 287 g/mol. The molecule has 1 amide bonds. The molecule has 0 saturated heterocycles. The van der Waals surface area contributed by atoms with Crippen molar-refractivity contribution in [1.82, 2.24) is 4.72 Å². The lowest BCUT2D eigenvalue weighted by atomic mass is 10.1. The summed E-state index contributed by atoms with van der Waals surface area (Å²) in [4.78, 5) is 12.7. The van der Waals surface area contributed by atoms with Crippen LogP contribution in [0.5, 0.6) is 0 Å². The molecule has 0 aliphatic carbocycles. The van der Waals surface area contributed by atoms with E-state index in [0.29, 0.717) is 5.56 Å². The Labute approximate surface area is 110 Å². The average Bonchev–Trinajstić information content (AvgIpc) is 2.53. The molecule has 0 aromatic heterocycles. The summed E-state index contributed by atoms with van der Waals surface area (Å²) >= 11 is 0. The van der Waals surface area contributed by atoms with E-state index in [2.05, 4.69) is 9.44 Å². The molecule has 0 unspecified atom stereocenters. The average molecular weight is 287 g/mol. The highest BCUT2D eigenvalue weighted by molar-refractivity contribution is 7.90. The van der Waals surface area contributed by atoms with E-state index in [1.807, 2.05) is 0 Å². The van der Waals surface area contributed by atoms with Crippen molar-refractivity contribution in [2.45, 2.75) is 13.3 Å². The van der Waals surface area contributed by atoms with Crippen molar-refractivity contribution in [1.29, 1.82) is 0 Å². The fourth-order valence-electron chi connectivity index (χ4n) is 2.01. The molecule has 6 nitrogen and oxygen atoms in total. The van der Waals surface area contributed by atoms with Gasteiger partial charge in [0.1, 0.15) is 5.82 Å². The maximum absolute atomic E-state index is 13.9. The summed E-state index contributed by atoms with van der Waals surface area (Å²) in [5.41, 5.74) is 0.776. The fourth-order valence-corrected chi connectivity index (χ4v) is 2.89. The summed E-state index contributed by atoms with van der Waals surface area (Å²) < 4.78 is 41.4. The zero-order chi connectivity index (χ0) is 14.2. The number of hydrogen-bond acceptors (Lipinski definition) is 3. The van der Waals surface area contributed by atoms with Crippen LogP contribution in [0.4, 0.5) is 15.8 Å². The van der Waals surface area contributed by atoms with Crippen molar-refractivity contribution in [2.24, 2.45) is 0 Å². The van der Waals surface area contributed by atoms with Gasteiger partial charge in [0.05, 0.1) is 17.8 Å². The molecule has 1 aliphatic rings. The first-order valence-electron chi connectivity index (χ1n) is 5.70. The van der Waals surface area contributed by atoms with Gasteiger partial charge in [-0.2, -0.15) is 13.1 Å². The third-order valence-corrected chi connectivity index (χ3v) is 3.95. The number of rotatable bonds is 4. The number of carbonyl (C=O) groups excluding carboxylic acids is 1. The number of anilines is 2. The van der Waals surface area contributed by atoms with Crippen molar-refractivity contribution < 1.29 is 17.6 Å². The Kier molecular flexibility index (Phi) is 3.46. The molecule has 1 aromatic rings. The van der Waals surface area contributed by atoms with Crippen LogP contribution in [0.2, 0.25) is 0 Å². The van der Waals surface area contributed by atoms with Crippen molar-refractivity contribution >= 4 is 27.5 Å². The Bertz CT molecular complexity index is 630. The molecular formula is C11H14FN3O3S. The zero-order valence-corrected chi connectivity index (χ0v) is 11.3. The molecule has 2 N–H and O–H groups in total. The molecule has 8 heteroatoms. The third-order valence-electron chi connectivity index (χ3n) is 2.78. The largest absolute Gasteiger partial charge is 0.312 e. The van der Waals surface area contributed by atoms with Crippen LogP contribution in [0.1, 0.15) is 12.5 Å². The van der Waals surface area contributed by atoms with E-state index in [0.717, 1.165) is 6.07 Å². The Morgan fingerprint density at radius 2 is 2.11 bits per heavy atom. The van der Waals surface area contributed by atoms with E-state index >= 15 is 0 Å². The minimum atomic E-state index is -3.71. The van der Waals surface area contributed by atoms with E-state index in [1.54, 1.807) is 6.92 Å². The minimum absolute atomic E-state index is 0.0690. The highest BCUT2D eigenvalue weighted by atomic mass is 32.2. The van der Waals surface area contributed by atoms with Crippen LogP contribution >= 0.6 is 0 Å². The maximum Gasteiger partial charge on any atom is 0.299 e. The summed E-state index contributed by atoms with van der Waals surface area (Å²) in [5.74, 6) is -0.847. The molecular weight excluding hydrogens is 273 g/mol. The quantitative estimate of drug-likeness (QED) is 0.851. The van der Waals surface area contributed by atoms with Gasteiger partial charge in [0.15, 0.2) is 0 Å². The van der Waals surface area contributed by atoms with Gasteiger partial charge in [-0.25, -0.2) is 4.39 Å². The number of hydrogen-bond donors (Lipinski definition) is 2. The molecule has 1 heterocycles. The number of benzene rings is 1. The van der Waals surface area contributed by atoms with Gasteiger partial charge in [-0.1, -0.05) is 6.92 Å². The Morgan fingerprint density at radius 1 is 1.42 bits per heavy atom. The first kappa shape index (κ1) is 13.8. The van der Waals surface area contributed by atoms with E-state index in [4.69, 9.17) is 0 Å². The lowest BCUT2D eigenvalue weighted by molar-refractivity contribution is -0.117. The van der Waals surface area contributed by atoms with Crippen LogP contribution in [0.25, 0.3) is 0 Å². The number of likely N-dealkylation sites (N-methyl/N-ethyl adjacent to an activating group) is 1. The lowest BCUT2D eigenvalue weighted by Gasteiger charge is -2.13. The highest BCUT2D eigenvalue weighted by Gasteiger charge is 2.28. The number of fused-ring (bicyclic) bond motifs is 1. The van der Waals surface area contributed by atoms with Crippen LogP contribution in [0.3, 0.4) is 0 Å². The van der Waals surface area contributed by atoms with Gasteiger partial charge in [0.25, 0.3) is 10.2 Å². The van der Waals surface area contributed by atoms with Crippen molar-refractivity contribution in [3.05, 3.63) is 23.5 Å². The minimum Gasteiger partial charge on any atom is -0.312 e. The first-order valence-corrected chi connectivity index (χ1v) is 7.18. The number of nitrogens with one attached hydrogen (secondary N) is 2. The Balaban J connectivity index is 2.35. The van der Waals surface area contributed by atoms with E-state index in [-0.39, 0.29) is 30.2 Å². The van der Waals surface area contributed by atoms with E-state index in [1.165, 1.54) is 18.0 Å². The topological polar surface area (TPSA) is 78.5 Å². The molecule has 1 aromatic carbocycles. The summed E-state index contributed by atoms with van der Waals surface area (Å²) in [7, 11) is -2.23.